The summed E-state index contributed by atoms with van der Waals surface area (Å²) in [5.41, 5.74) is 0.828. The number of amides is 1. The van der Waals surface area contributed by atoms with Crippen LogP contribution in [0.1, 0.15) is 37.7 Å². The maximum atomic E-state index is 12.8. The lowest BCUT2D eigenvalue weighted by Gasteiger charge is -2.31. The van der Waals surface area contributed by atoms with Crippen molar-refractivity contribution in [1.82, 2.24) is 5.06 Å². The lowest BCUT2D eigenvalue weighted by atomic mass is 9.78. The molecule has 2 aliphatic rings. The molecular weight excluding hydrogens is 226 g/mol. The summed E-state index contributed by atoms with van der Waals surface area (Å²) >= 11 is 0. The van der Waals surface area contributed by atoms with Gasteiger partial charge >= 0.3 is 0 Å². The van der Waals surface area contributed by atoms with Crippen molar-refractivity contribution in [3.63, 3.8) is 0 Å². The highest BCUT2D eigenvalue weighted by atomic mass is 16.7. The number of hydrogen-bond acceptors (Lipinski definition) is 2. The molecule has 1 aliphatic heterocycles. The van der Waals surface area contributed by atoms with Crippen LogP contribution in [0.25, 0.3) is 0 Å². The fourth-order valence-corrected chi connectivity index (χ4v) is 3.21. The van der Waals surface area contributed by atoms with E-state index in [1.54, 1.807) is 5.06 Å². The second-order valence-corrected chi connectivity index (χ2v) is 5.25. The van der Waals surface area contributed by atoms with E-state index in [0.29, 0.717) is 6.61 Å². The Bertz CT molecular complexity index is 417. The van der Waals surface area contributed by atoms with Gasteiger partial charge in [0.1, 0.15) is 0 Å². The van der Waals surface area contributed by atoms with Gasteiger partial charge in [-0.2, -0.15) is 0 Å². The van der Waals surface area contributed by atoms with Gasteiger partial charge < -0.3 is 0 Å². The van der Waals surface area contributed by atoms with E-state index in [2.05, 4.69) is 12.1 Å². The number of hydroxylamine groups is 2. The van der Waals surface area contributed by atoms with Crippen LogP contribution in [0.4, 0.5) is 0 Å². The van der Waals surface area contributed by atoms with E-state index >= 15 is 0 Å². The first-order valence-corrected chi connectivity index (χ1v) is 6.83. The second-order valence-electron chi connectivity index (χ2n) is 5.25. The zero-order valence-corrected chi connectivity index (χ0v) is 10.6. The predicted octanol–water partition coefficient (Wildman–Crippen LogP) is 2.66. The van der Waals surface area contributed by atoms with Crippen LogP contribution in [0.3, 0.4) is 0 Å². The molecule has 1 aromatic rings. The molecular formula is C15H19NO2. The van der Waals surface area contributed by atoms with Crippen molar-refractivity contribution in [3.8, 4) is 0 Å². The number of carbonyl (C=O) groups is 1. The van der Waals surface area contributed by atoms with Crippen molar-refractivity contribution in [2.75, 3.05) is 13.2 Å². The largest absolute Gasteiger partial charge is 0.272 e. The van der Waals surface area contributed by atoms with Crippen LogP contribution in [0.15, 0.2) is 30.3 Å². The molecule has 1 aliphatic carbocycles. The van der Waals surface area contributed by atoms with Crippen LogP contribution in [0.2, 0.25) is 0 Å². The molecule has 0 unspecified atom stereocenters. The van der Waals surface area contributed by atoms with Crippen LogP contribution >= 0.6 is 0 Å². The van der Waals surface area contributed by atoms with Crippen LogP contribution in [-0.4, -0.2) is 24.1 Å². The fraction of sp³-hybridized carbons (Fsp3) is 0.533. The minimum absolute atomic E-state index is 0.170. The summed E-state index contributed by atoms with van der Waals surface area (Å²) in [5, 5.41) is 1.60. The van der Waals surface area contributed by atoms with E-state index in [4.69, 9.17) is 4.84 Å². The fourth-order valence-electron chi connectivity index (χ4n) is 3.21. The molecule has 0 bridgehead atoms. The third-order valence-corrected chi connectivity index (χ3v) is 4.17. The third-order valence-electron chi connectivity index (χ3n) is 4.17. The van der Waals surface area contributed by atoms with E-state index in [9.17, 15) is 4.79 Å². The maximum absolute atomic E-state index is 12.8. The van der Waals surface area contributed by atoms with Gasteiger partial charge in [0.05, 0.1) is 18.6 Å². The molecule has 0 spiro atoms. The monoisotopic (exact) mass is 245 g/mol. The first kappa shape index (κ1) is 11.7. The number of nitrogens with zero attached hydrogens (tertiary/aromatic N) is 1. The Hall–Kier alpha value is -1.35. The minimum Gasteiger partial charge on any atom is -0.272 e. The number of benzene rings is 1. The molecule has 0 N–H and O–H groups in total. The van der Waals surface area contributed by atoms with E-state index in [0.717, 1.165) is 44.2 Å². The van der Waals surface area contributed by atoms with E-state index in [-0.39, 0.29) is 11.3 Å². The van der Waals surface area contributed by atoms with Crippen molar-refractivity contribution in [2.45, 2.75) is 37.5 Å². The molecule has 1 amide bonds. The summed E-state index contributed by atoms with van der Waals surface area (Å²) in [6, 6.07) is 10.2. The van der Waals surface area contributed by atoms with Crippen molar-refractivity contribution in [1.29, 1.82) is 0 Å². The van der Waals surface area contributed by atoms with Crippen molar-refractivity contribution < 1.29 is 9.63 Å². The second kappa shape index (κ2) is 4.73. The summed E-state index contributed by atoms with van der Waals surface area (Å²) in [7, 11) is 0. The molecule has 0 radical (unpaired) electrons. The summed E-state index contributed by atoms with van der Waals surface area (Å²) in [4.78, 5) is 18.2. The average molecular weight is 245 g/mol. The van der Waals surface area contributed by atoms with Gasteiger partial charge in [-0.15, -0.1) is 0 Å². The van der Waals surface area contributed by atoms with E-state index < -0.39 is 0 Å². The van der Waals surface area contributed by atoms with Crippen LogP contribution in [-0.2, 0) is 15.0 Å². The summed E-state index contributed by atoms with van der Waals surface area (Å²) in [6.07, 6.45) is 5.13. The smallest absolute Gasteiger partial charge is 0.256 e. The molecule has 3 heteroatoms. The molecule has 2 fully saturated rings. The highest BCUT2D eigenvalue weighted by Gasteiger charge is 2.45. The van der Waals surface area contributed by atoms with E-state index in [1.807, 2.05) is 18.2 Å². The molecule has 96 valence electrons. The van der Waals surface area contributed by atoms with Gasteiger partial charge in [-0.25, -0.2) is 5.06 Å². The molecule has 1 heterocycles. The first-order chi connectivity index (χ1) is 8.83. The van der Waals surface area contributed by atoms with Gasteiger partial charge in [0.25, 0.3) is 5.91 Å². The van der Waals surface area contributed by atoms with Crippen molar-refractivity contribution >= 4 is 5.91 Å². The molecule has 1 saturated carbocycles. The van der Waals surface area contributed by atoms with Crippen molar-refractivity contribution in [2.24, 2.45) is 0 Å². The molecule has 18 heavy (non-hydrogen) atoms. The quantitative estimate of drug-likeness (QED) is 0.801. The number of carbonyl (C=O) groups excluding carboxylic acids is 1. The Morgan fingerprint density at radius 1 is 1.11 bits per heavy atom. The standard InChI is InChI=1S/C15H19NO2/c17-14(16-11-6-12-18-16)15(9-4-5-10-15)13-7-2-1-3-8-13/h1-3,7-8H,4-6,9-12H2. The average Bonchev–Trinajstić information content (AvgIpc) is 3.11. The Morgan fingerprint density at radius 3 is 2.44 bits per heavy atom. The van der Waals surface area contributed by atoms with Gasteiger partial charge in [-0.05, 0) is 24.8 Å². The Morgan fingerprint density at radius 2 is 1.83 bits per heavy atom. The van der Waals surface area contributed by atoms with Crippen LogP contribution in [0, 0.1) is 0 Å². The number of rotatable bonds is 2. The first-order valence-electron chi connectivity index (χ1n) is 6.83. The highest BCUT2D eigenvalue weighted by Crippen LogP contribution is 2.42. The van der Waals surface area contributed by atoms with Crippen molar-refractivity contribution in [3.05, 3.63) is 35.9 Å². The Balaban J connectivity index is 1.94. The van der Waals surface area contributed by atoms with Crippen LogP contribution < -0.4 is 0 Å². The summed E-state index contributed by atoms with van der Waals surface area (Å²) in [5.74, 6) is 0.170. The SMILES string of the molecule is O=C(N1CCCO1)C1(c2ccccc2)CCCC1. The lowest BCUT2D eigenvalue weighted by Crippen LogP contribution is -2.43. The topological polar surface area (TPSA) is 29.5 Å². The van der Waals surface area contributed by atoms with E-state index in [1.165, 1.54) is 0 Å². The zero-order valence-electron chi connectivity index (χ0n) is 10.6. The predicted molar refractivity (Wildman–Crippen MR) is 68.9 cm³/mol. The summed E-state index contributed by atoms with van der Waals surface area (Å²) < 4.78 is 0. The summed E-state index contributed by atoms with van der Waals surface area (Å²) in [6.45, 7) is 1.42. The molecule has 1 saturated heterocycles. The lowest BCUT2D eigenvalue weighted by molar-refractivity contribution is -0.175. The molecule has 1 aromatic carbocycles. The molecule has 0 aromatic heterocycles. The van der Waals surface area contributed by atoms with Gasteiger partial charge in [0.15, 0.2) is 0 Å². The number of hydrogen-bond donors (Lipinski definition) is 0. The zero-order chi connectivity index (χ0) is 12.4. The maximum Gasteiger partial charge on any atom is 0.256 e. The Kier molecular flexibility index (Phi) is 3.08. The normalized spacial score (nSPS) is 22.3. The van der Waals surface area contributed by atoms with Crippen LogP contribution in [0.5, 0.6) is 0 Å². The molecule has 3 rings (SSSR count). The molecule has 3 nitrogen and oxygen atoms in total. The minimum atomic E-state index is -0.328. The van der Waals surface area contributed by atoms with Gasteiger partial charge in [-0.1, -0.05) is 43.2 Å². The van der Waals surface area contributed by atoms with Gasteiger partial charge in [0, 0.05) is 0 Å². The van der Waals surface area contributed by atoms with Gasteiger partial charge in [0.2, 0.25) is 0 Å². The molecule has 0 atom stereocenters. The highest BCUT2D eigenvalue weighted by molar-refractivity contribution is 5.88. The van der Waals surface area contributed by atoms with Gasteiger partial charge in [-0.3, -0.25) is 9.63 Å². The Labute approximate surface area is 108 Å². The third kappa shape index (κ3) is 1.83.